The summed E-state index contributed by atoms with van der Waals surface area (Å²) in [5, 5.41) is 3.39. The van der Waals surface area contributed by atoms with Crippen LogP contribution < -0.4 is 16.0 Å². The zero-order valence-electron chi connectivity index (χ0n) is 16.3. The van der Waals surface area contributed by atoms with Crippen molar-refractivity contribution in [2.75, 3.05) is 31.6 Å². The third kappa shape index (κ3) is 3.96. The van der Waals surface area contributed by atoms with Crippen LogP contribution in [0.25, 0.3) is 0 Å². The number of halogens is 1. The second kappa shape index (κ2) is 8.44. The van der Waals surface area contributed by atoms with Crippen LogP contribution in [0.3, 0.4) is 0 Å². The molecule has 2 atom stereocenters. The molecular formula is C20H25FN6OS. The number of nitrogens with zero attached hydrogens (tertiary/aromatic N) is 4. The summed E-state index contributed by atoms with van der Waals surface area (Å²) in [7, 11) is 1.65. The summed E-state index contributed by atoms with van der Waals surface area (Å²) >= 11 is 1.50. The first-order valence-electron chi connectivity index (χ1n) is 9.78. The average Bonchev–Trinajstić information content (AvgIpc) is 3.18. The Hall–Kier alpha value is -2.55. The third-order valence-electron chi connectivity index (χ3n) is 5.35. The summed E-state index contributed by atoms with van der Waals surface area (Å²) in [4.78, 5) is 25.8. The number of nitrogens with one attached hydrogen (secondary N) is 1. The van der Waals surface area contributed by atoms with E-state index in [1.807, 2.05) is 23.2 Å². The summed E-state index contributed by atoms with van der Waals surface area (Å²) in [5.41, 5.74) is 8.23. The smallest absolute Gasteiger partial charge is 0.266 e. The first-order valence-corrected chi connectivity index (χ1v) is 10.7. The number of rotatable bonds is 4. The summed E-state index contributed by atoms with van der Waals surface area (Å²) in [5.74, 6) is 0.741. The molecule has 0 radical (unpaired) electrons. The van der Waals surface area contributed by atoms with Gasteiger partial charge in [0.15, 0.2) is 0 Å². The van der Waals surface area contributed by atoms with Crippen molar-refractivity contribution in [3.8, 4) is 0 Å². The van der Waals surface area contributed by atoms with Crippen molar-refractivity contribution in [1.29, 1.82) is 0 Å². The molecule has 2 unspecified atom stereocenters. The number of alkyl halides is 1. The number of pyridine rings is 1. The number of piperidine rings is 1. The summed E-state index contributed by atoms with van der Waals surface area (Å²) in [6.45, 7) is 1.80. The fourth-order valence-corrected chi connectivity index (χ4v) is 5.09. The van der Waals surface area contributed by atoms with E-state index in [9.17, 15) is 9.18 Å². The van der Waals surface area contributed by atoms with Gasteiger partial charge < -0.3 is 20.9 Å². The number of amides is 1. The van der Waals surface area contributed by atoms with Gasteiger partial charge in [-0.3, -0.25) is 9.79 Å². The number of aromatic nitrogens is 1. The Balaban J connectivity index is 1.45. The predicted molar refractivity (Wildman–Crippen MR) is 114 cm³/mol. The quantitative estimate of drug-likeness (QED) is 0.733. The predicted octanol–water partition coefficient (Wildman–Crippen LogP) is 2.30. The number of nitrogens with two attached hydrogens (primary N) is 1. The standard InChI is InChI=1S/C20H25FN6OS/c1-23-11-15(9-22)27-8-6-16-18(20(27)28)29-19(25-16)13-4-5-17(24-10-13)26-7-2-3-14(21)12-26/h4-5,9-11,14,19,25H,2-3,6-8,12,22H2,1H3. The van der Waals surface area contributed by atoms with E-state index in [1.54, 1.807) is 18.2 Å². The van der Waals surface area contributed by atoms with Crippen molar-refractivity contribution in [2.24, 2.45) is 10.7 Å². The molecule has 0 aromatic carbocycles. The number of carbonyl (C=O) groups excluding carboxylic acids is 1. The Morgan fingerprint density at radius 3 is 3.00 bits per heavy atom. The number of anilines is 1. The molecule has 1 fully saturated rings. The molecule has 0 spiro atoms. The van der Waals surface area contributed by atoms with Crippen LogP contribution in [0.15, 0.2) is 45.8 Å². The lowest BCUT2D eigenvalue weighted by molar-refractivity contribution is -0.124. The maximum atomic E-state index is 13.7. The molecule has 154 valence electrons. The highest BCUT2D eigenvalue weighted by Gasteiger charge is 2.36. The second-order valence-corrected chi connectivity index (χ2v) is 8.39. The molecule has 4 heterocycles. The molecular weight excluding hydrogens is 391 g/mol. The largest absolute Gasteiger partial charge is 0.403 e. The van der Waals surface area contributed by atoms with Crippen molar-refractivity contribution in [2.45, 2.75) is 30.8 Å². The van der Waals surface area contributed by atoms with E-state index in [0.717, 1.165) is 36.5 Å². The van der Waals surface area contributed by atoms with Crippen LogP contribution in [0.1, 0.15) is 30.2 Å². The van der Waals surface area contributed by atoms with Gasteiger partial charge in [0.05, 0.1) is 17.1 Å². The monoisotopic (exact) mass is 416 g/mol. The SMILES string of the molecule is CN=CC(=CN)N1CCC2=C(SC(c3ccc(N4CCCC(F)C4)nc3)N2)C1=O. The van der Waals surface area contributed by atoms with E-state index in [-0.39, 0.29) is 11.3 Å². The lowest BCUT2D eigenvalue weighted by Crippen LogP contribution is -2.37. The maximum Gasteiger partial charge on any atom is 0.266 e. The molecule has 9 heteroatoms. The fraction of sp³-hybridized carbons (Fsp3) is 0.450. The molecule has 1 amide bonds. The molecule has 4 rings (SSSR count). The van der Waals surface area contributed by atoms with E-state index in [2.05, 4.69) is 15.3 Å². The lowest BCUT2D eigenvalue weighted by atomic mass is 10.1. The van der Waals surface area contributed by atoms with Crippen LogP contribution >= 0.6 is 11.8 Å². The zero-order valence-corrected chi connectivity index (χ0v) is 17.2. The summed E-state index contributed by atoms with van der Waals surface area (Å²) in [6, 6.07) is 3.94. The van der Waals surface area contributed by atoms with E-state index < -0.39 is 6.17 Å². The van der Waals surface area contributed by atoms with Crippen LogP contribution in [0, 0.1) is 0 Å². The molecule has 1 aromatic heterocycles. The maximum absolute atomic E-state index is 13.7. The topological polar surface area (TPSA) is 86.8 Å². The Labute approximate surface area is 173 Å². The molecule has 0 saturated carbocycles. The van der Waals surface area contributed by atoms with Gasteiger partial charge in [0.1, 0.15) is 17.4 Å². The van der Waals surface area contributed by atoms with Gasteiger partial charge in [0, 0.05) is 56.4 Å². The number of carbonyl (C=O) groups is 1. The van der Waals surface area contributed by atoms with Crippen molar-refractivity contribution >= 4 is 29.7 Å². The minimum Gasteiger partial charge on any atom is -0.403 e. The van der Waals surface area contributed by atoms with Gasteiger partial charge in [0.2, 0.25) is 0 Å². The fourth-order valence-electron chi connectivity index (χ4n) is 3.86. The number of hydrogen-bond donors (Lipinski definition) is 2. The van der Waals surface area contributed by atoms with Crippen molar-refractivity contribution in [1.82, 2.24) is 15.2 Å². The van der Waals surface area contributed by atoms with Gasteiger partial charge >= 0.3 is 0 Å². The molecule has 0 aliphatic carbocycles. The number of aliphatic imine (C=N–C) groups is 1. The highest BCUT2D eigenvalue weighted by Crippen LogP contribution is 2.44. The van der Waals surface area contributed by atoms with Crippen LogP contribution in [0.2, 0.25) is 0 Å². The summed E-state index contributed by atoms with van der Waals surface area (Å²) in [6.07, 6.45) is 6.25. The van der Waals surface area contributed by atoms with Gasteiger partial charge in [-0.05, 0) is 18.9 Å². The van der Waals surface area contributed by atoms with Crippen molar-refractivity contribution in [3.05, 3.63) is 46.4 Å². The van der Waals surface area contributed by atoms with Gasteiger partial charge in [-0.1, -0.05) is 17.8 Å². The van der Waals surface area contributed by atoms with Gasteiger partial charge in [0.25, 0.3) is 5.91 Å². The minimum atomic E-state index is -0.785. The molecule has 1 aromatic rings. The van der Waals surface area contributed by atoms with E-state index in [1.165, 1.54) is 18.0 Å². The van der Waals surface area contributed by atoms with Crippen molar-refractivity contribution in [3.63, 3.8) is 0 Å². The second-order valence-electron chi connectivity index (χ2n) is 7.27. The highest BCUT2D eigenvalue weighted by molar-refractivity contribution is 8.04. The first kappa shape index (κ1) is 19.8. The van der Waals surface area contributed by atoms with Gasteiger partial charge in [-0.2, -0.15) is 0 Å². The van der Waals surface area contributed by atoms with Crippen LogP contribution in [0.5, 0.6) is 0 Å². The molecule has 29 heavy (non-hydrogen) atoms. The van der Waals surface area contributed by atoms with Crippen molar-refractivity contribution < 1.29 is 9.18 Å². The number of hydrogen-bond acceptors (Lipinski definition) is 7. The Morgan fingerprint density at radius 2 is 2.31 bits per heavy atom. The molecule has 3 N–H and O–H groups in total. The molecule has 7 nitrogen and oxygen atoms in total. The van der Waals surface area contributed by atoms with Gasteiger partial charge in [-0.15, -0.1) is 0 Å². The normalized spacial score (nSPS) is 25.6. The first-order chi connectivity index (χ1) is 14.1. The number of thioether (sulfide) groups is 1. The zero-order chi connectivity index (χ0) is 20.4. The summed E-state index contributed by atoms with van der Waals surface area (Å²) < 4.78 is 13.7. The van der Waals surface area contributed by atoms with Crippen LogP contribution in [-0.2, 0) is 4.79 Å². The highest BCUT2D eigenvalue weighted by atomic mass is 32.2. The van der Waals surface area contributed by atoms with E-state index >= 15 is 0 Å². The van der Waals surface area contributed by atoms with Gasteiger partial charge in [-0.25, -0.2) is 9.37 Å². The molecule has 0 bridgehead atoms. The Bertz CT molecular complexity index is 868. The molecule has 3 aliphatic heterocycles. The minimum absolute atomic E-state index is 0.0604. The Kier molecular flexibility index (Phi) is 5.75. The third-order valence-corrected chi connectivity index (χ3v) is 6.63. The number of allylic oxidation sites excluding steroid dienone is 1. The lowest BCUT2D eigenvalue weighted by Gasteiger charge is -2.30. The van der Waals surface area contributed by atoms with Crippen LogP contribution in [0.4, 0.5) is 10.2 Å². The van der Waals surface area contributed by atoms with Crippen LogP contribution in [-0.4, -0.2) is 54.9 Å². The van der Waals surface area contributed by atoms with E-state index in [4.69, 9.17) is 5.73 Å². The molecule has 3 aliphatic rings. The Morgan fingerprint density at radius 1 is 1.45 bits per heavy atom. The average molecular weight is 417 g/mol. The molecule has 1 saturated heterocycles. The van der Waals surface area contributed by atoms with E-state index in [0.29, 0.717) is 30.1 Å².